The summed E-state index contributed by atoms with van der Waals surface area (Å²) in [5.41, 5.74) is 1.48. The minimum atomic E-state index is -1.17. The molecule has 7 nitrogen and oxygen atoms in total. The summed E-state index contributed by atoms with van der Waals surface area (Å²) in [6.07, 6.45) is 11.6. The third-order valence-corrected chi connectivity index (χ3v) is 16.4. The molecule has 4 saturated carbocycles. The Morgan fingerprint density at radius 2 is 1.67 bits per heavy atom. The third-order valence-electron chi connectivity index (χ3n) is 16.1. The molecule has 0 aromatic heterocycles. The van der Waals surface area contributed by atoms with E-state index in [-0.39, 0.29) is 63.8 Å². The van der Waals surface area contributed by atoms with E-state index in [9.17, 15) is 24.3 Å². The maximum absolute atomic E-state index is 14.0. The number of ketones is 1. The molecule has 1 amide bonds. The highest BCUT2D eigenvalue weighted by Crippen LogP contribution is 2.77. The topological polar surface area (TPSA) is 110 Å². The lowest BCUT2D eigenvalue weighted by Crippen LogP contribution is -2.65. The van der Waals surface area contributed by atoms with Crippen molar-refractivity contribution < 1.29 is 29.0 Å². The molecular formula is C46H64ClNO6. The predicted octanol–water partition coefficient (Wildman–Crippen LogP) is 10.5. The highest BCUT2D eigenvalue weighted by molar-refractivity contribution is 6.30. The fourth-order valence-electron chi connectivity index (χ4n) is 13.0. The second-order valence-corrected chi connectivity index (χ2v) is 20.6. The highest BCUT2D eigenvalue weighted by Gasteiger charge is 2.70. The van der Waals surface area contributed by atoms with Crippen LogP contribution >= 0.6 is 11.6 Å². The van der Waals surface area contributed by atoms with Crippen LogP contribution in [-0.4, -0.2) is 34.8 Å². The minimum absolute atomic E-state index is 0.0133. The first-order chi connectivity index (χ1) is 25.0. The summed E-state index contributed by atoms with van der Waals surface area (Å²) in [5.74, 6) is -0.126. The van der Waals surface area contributed by atoms with E-state index in [4.69, 9.17) is 16.3 Å². The van der Waals surface area contributed by atoms with Crippen molar-refractivity contribution in [3.63, 3.8) is 0 Å². The molecule has 1 aromatic rings. The Hall–Kier alpha value is -2.93. The second-order valence-electron chi connectivity index (χ2n) is 20.2. The quantitative estimate of drug-likeness (QED) is 0.192. The molecule has 0 aliphatic heterocycles. The van der Waals surface area contributed by atoms with Gasteiger partial charge in [0, 0.05) is 22.3 Å². The number of fused-ring (bicyclic) bond motifs is 7. The number of amides is 1. The summed E-state index contributed by atoms with van der Waals surface area (Å²) in [6, 6.07) is 7.35. The Labute approximate surface area is 328 Å². The van der Waals surface area contributed by atoms with Gasteiger partial charge < -0.3 is 15.2 Å². The molecule has 5 aliphatic rings. The van der Waals surface area contributed by atoms with Crippen LogP contribution in [0.5, 0.6) is 0 Å². The summed E-state index contributed by atoms with van der Waals surface area (Å²) in [5, 5.41) is 13.4. The van der Waals surface area contributed by atoms with E-state index < -0.39 is 22.8 Å². The van der Waals surface area contributed by atoms with Crippen molar-refractivity contribution in [2.75, 3.05) is 0 Å². The SMILES string of the molecule is CC(C)C1=C2C3CCC4C5(C)CCC(OC(=O)CC(C)(C)C(=O)O)C(C)(C)C5CCC4(C)C3(C)CCC2(C=CC(=O)NC(C)c2cccc(Cl)c2)CC1=O. The number of allylic oxidation sites excluding steroid dienone is 3. The van der Waals surface area contributed by atoms with Crippen molar-refractivity contribution >= 4 is 35.2 Å². The number of ether oxygens (including phenoxy) is 1. The molecule has 6 rings (SSSR count). The molecule has 9 atom stereocenters. The minimum Gasteiger partial charge on any atom is -0.481 e. The van der Waals surface area contributed by atoms with Gasteiger partial charge in [-0.1, -0.05) is 78.3 Å². The lowest BCUT2D eigenvalue weighted by atomic mass is 9.33. The maximum Gasteiger partial charge on any atom is 0.309 e. The van der Waals surface area contributed by atoms with Gasteiger partial charge in [0.2, 0.25) is 5.91 Å². The zero-order valence-corrected chi connectivity index (χ0v) is 35.1. The molecule has 1 aromatic carbocycles. The van der Waals surface area contributed by atoms with E-state index in [1.165, 1.54) is 5.57 Å². The van der Waals surface area contributed by atoms with Crippen LogP contribution in [0.15, 0.2) is 47.6 Å². The summed E-state index contributed by atoms with van der Waals surface area (Å²) in [7, 11) is 0. The summed E-state index contributed by atoms with van der Waals surface area (Å²) in [6.45, 7) is 21.5. The van der Waals surface area contributed by atoms with Gasteiger partial charge in [-0.05, 0) is 147 Å². The molecule has 0 heterocycles. The van der Waals surface area contributed by atoms with Crippen LogP contribution < -0.4 is 5.32 Å². The number of esters is 1. The number of carboxylic acids is 1. The number of carbonyl (C=O) groups excluding carboxylic acids is 3. The van der Waals surface area contributed by atoms with Crippen LogP contribution in [0, 0.1) is 56.2 Å². The second kappa shape index (κ2) is 13.9. The van der Waals surface area contributed by atoms with E-state index in [1.807, 2.05) is 31.2 Å². The van der Waals surface area contributed by atoms with Crippen LogP contribution in [0.2, 0.25) is 5.02 Å². The van der Waals surface area contributed by atoms with Crippen LogP contribution in [0.1, 0.15) is 145 Å². The average molecular weight is 762 g/mol. The monoisotopic (exact) mass is 761 g/mol. The number of hydrogen-bond acceptors (Lipinski definition) is 5. The van der Waals surface area contributed by atoms with Crippen LogP contribution in [0.3, 0.4) is 0 Å². The number of halogens is 1. The molecular weight excluding hydrogens is 698 g/mol. The largest absolute Gasteiger partial charge is 0.481 e. The van der Waals surface area contributed by atoms with E-state index in [2.05, 4.69) is 59.9 Å². The Morgan fingerprint density at radius 3 is 2.31 bits per heavy atom. The molecule has 0 radical (unpaired) electrons. The number of aliphatic carboxylic acids is 1. The fraction of sp³-hybridized carbons (Fsp3) is 0.696. The van der Waals surface area contributed by atoms with E-state index in [0.717, 1.165) is 62.5 Å². The molecule has 296 valence electrons. The maximum atomic E-state index is 14.0. The number of carbonyl (C=O) groups is 4. The Morgan fingerprint density at radius 1 is 0.963 bits per heavy atom. The highest BCUT2D eigenvalue weighted by atomic mass is 35.5. The zero-order valence-electron chi connectivity index (χ0n) is 34.4. The third kappa shape index (κ3) is 6.50. The number of benzene rings is 1. The van der Waals surface area contributed by atoms with E-state index >= 15 is 0 Å². The van der Waals surface area contributed by atoms with Gasteiger partial charge in [-0.15, -0.1) is 0 Å². The number of hydrogen-bond donors (Lipinski definition) is 2. The van der Waals surface area contributed by atoms with Crippen molar-refractivity contribution in [1.82, 2.24) is 5.32 Å². The van der Waals surface area contributed by atoms with E-state index in [0.29, 0.717) is 23.3 Å². The number of nitrogens with one attached hydrogen (secondary N) is 1. The van der Waals surface area contributed by atoms with Gasteiger partial charge in [0.25, 0.3) is 0 Å². The first-order valence-electron chi connectivity index (χ1n) is 20.5. The molecule has 5 aliphatic carbocycles. The van der Waals surface area contributed by atoms with Gasteiger partial charge in [0.15, 0.2) is 5.78 Å². The van der Waals surface area contributed by atoms with Crippen molar-refractivity contribution in [3.8, 4) is 0 Å². The van der Waals surface area contributed by atoms with Crippen LogP contribution in [0.4, 0.5) is 0 Å². The zero-order chi connectivity index (χ0) is 39.8. The Balaban J connectivity index is 1.26. The number of rotatable bonds is 9. The van der Waals surface area contributed by atoms with Crippen molar-refractivity contribution in [3.05, 3.63) is 58.1 Å². The molecule has 8 heteroatoms. The predicted molar refractivity (Wildman–Crippen MR) is 212 cm³/mol. The summed E-state index contributed by atoms with van der Waals surface area (Å²) >= 11 is 6.23. The van der Waals surface area contributed by atoms with Crippen molar-refractivity contribution in [2.45, 2.75) is 146 Å². The molecule has 0 bridgehead atoms. The number of carboxylic acid groups (broad SMARTS) is 1. The van der Waals surface area contributed by atoms with Gasteiger partial charge in [-0.25, -0.2) is 0 Å². The van der Waals surface area contributed by atoms with Gasteiger partial charge in [-0.2, -0.15) is 0 Å². The Kier molecular flexibility index (Phi) is 10.5. The molecule has 54 heavy (non-hydrogen) atoms. The molecule has 2 N–H and O–H groups in total. The molecule has 9 unspecified atom stereocenters. The van der Waals surface area contributed by atoms with E-state index in [1.54, 1.807) is 19.9 Å². The fourth-order valence-corrected chi connectivity index (χ4v) is 13.2. The van der Waals surface area contributed by atoms with Gasteiger partial charge >= 0.3 is 11.9 Å². The molecule has 0 spiro atoms. The normalized spacial score (nSPS) is 36.6. The van der Waals surface area contributed by atoms with Gasteiger partial charge in [-0.3, -0.25) is 19.2 Å². The van der Waals surface area contributed by atoms with Crippen LogP contribution in [0.25, 0.3) is 0 Å². The van der Waals surface area contributed by atoms with Crippen molar-refractivity contribution in [1.29, 1.82) is 0 Å². The van der Waals surface area contributed by atoms with Gasteiger partial charge in [0.1, 0.15) is 6.10 Å². The Bertz CT molecular complexity index is 1770. The van der Waals surface area contributed by atoms with Gasteiger partial charge in [0.05, 0.1) is 17.9 Å². The summed E-state index contributed by atoms with van der Waals surface area (Å²) < 4.78 is 6.16. The van der Waals surface area contributed by atoms with Crippen LogP contribution in [-0.2, 0) is 23.9 Å². The smallest absolute Gasteiger partial charge is 0.309 e. The molecule has 0 saturated heterocycles. The molecule has 4 fully saturated rings. The number of Topliss-reactive ketones (excluding diaryl/α,β-unsaturated/α-hetero) is 1. The standard InChI is InChI=1S/C46H64ClNO6/c1-27(2)38-32(49)25-46(21-18-36(50)48-28(3)29-12-11-13-30(47)24-29)23-22-44(9)31(39(38)46)14-15-34-43(8)19-17-35(54-37(51)26-41(4,5)40(52)53)42(6,7)33(43)16-20-45(34,44)10/h11-13,18,21,24,27-28,31,33-35H,14-17,19-20,22-23,25-26H2,1-10H3,(H,48,50)(H,52,53). The average Bonchev–Trinajstić information content (AvgIpc) is 3.37. The summed E-state index contributed by atoms with van der Waals surface area (Å²) in [4.78, 5) is 52.3. The lowest BCUT2D eigenvalue weighted by Gasteiger charge is -2.72. The first kappa shape index (κ1) is 40.7. The van der Waals surface area contributed by atoms with Crippen molar-refractivity contribution in [2.24, 2.45) is 56.2 Å². The lowest BCUT2D eigenvalue weighted by molar-refractivity contribution is -0.232. The first-order valence-corrected chi connectivity index (χ1v) is 20.9.